The average molecular weight is 1120 g/mol. The van der Waals surface area contributed by atoms with Gasteiger partial charge in [-0.05, 0) is 83.5 Å². The molecular weight excluding hydrogens is 983 g/mol. The maximum absolute atomic E-state index is 12.5. The van der Waals surface area contributed by atoms with E-state index in [0.29, 0.717) is 25.9 Å². The van der Waals surface area contributed by atoms with Gasteiger partial charge in [0.05, 0.1) is 25.4 Å². The number of hydrogen-bond donors (Lipinski definition) is 3. The number of nitrogens with one attached hydrogen (secondary N) is 1. The minimum absolute atomic E-state index is 0.00680. The number of amides is 1. The van der Waals surface area contributed by atoms with Crippen molar-refractivity contribution < 1.29 is 24.5 Å². The predicted molar refractivity (Wildman–Crippen MR) is 352 cm³/mol. The van der Waals surface area contributed by atoms with Crippen LogP contribution in [0.1, 0.15) is 399 Å². The topological polar surface area (TPSA) is 95.9 Å². The van der Waals surface area contributed by atoms with Crippen molar-refractivity contribution >= 4 is 11.9 Å². The summed E-state index contributed by atoms with van der Waals surface area (Å²) in [6.45, 7) is 4.98. The molecule has 0 aliphatic heterocycles. The highest BCUT2D eigenvalue weighted by Gasteiger charge is 2.20. The smallest absolute Gasteiger partial charge is 0.305 e. The van der Waals surface area contributed by atoms with Crippen LogP contribution in [0.25, 0.3) is 0 Å². The molecule has 0 bridgehead atoms. The summed E-state index contributed by atoms with van der Waals surface area (Å²) in [5.74, 6) is -0.0306. The van der Waals surface area contributed by atoms with Crippen molar-refractivity contribution in [2.75, 3.05) is 13.2 Å². The Hall–Kier alpha value is -1.92. The molecule has 2 unspecified atom stereocenters. The number of carbonyl (C=O) groups is 2. The quantitative estimate of drug-likeness (QED) is 0.0320. The van der Waals surface area contributed by atoms with Crippen LogP contribution in [0.15, 0.2) is 36.5 Å². The van der Waals surface area contributed by atoms with Crippen LogP contribution in [-0.4, -0.2) is 47.4 Å². The van der Waals surface area contributed by atoms with Crippen molar-refractivity contribution in [1.82, 2.24) is 5.32 Å². The van der Waals surface area contributed by atoms with Gasteiger partial charge in [-0.15, -0.1) is 0 Å². The fraction of sp³-hybridized carbons (Fsp3) is 0.892. The van der Waals surface area contributed by atoms with Crippen LogP contribution in [0.5, 0.6) is 0 Å². The van der Waals surface area contributed by atoms with E-state index in [0.717, 1.165) is 51.4 Å². The number of allylic oxidation sites excluding steroid dienone is 6. The molecule has 0 aliphatic rings. The SMILES string of the molecule is CCCCCCCCC/C=C\CCCCCCCCCC(=O)OCCCCCCCCCCC/C=C\C/C=C\CCCCCCCCCCCC(=O)NC(CO)C(O)CCCCCCCCCCCCCCCCCCCCCC. The summed E-state index contributed by atoms with van der Waals surface area (Å²) >= 11 is 0. The Morgan fingerprint density at radius 2 is 0.625 bits per heavy atom. The van der Waals surface area contributed by atoms with Gasteiger partial charge in [-0.1, -0.05) is 339 Å². The summed E-state index contributed by atoms with van der Waals surface area (Å²) in [4.78, 5) is 24.6. The molecule has 1 amide bonds. The Kier molecular flexibility index (Phi) is 67.9. The monoisotopic (exact) mass is 1120 g/mol. The van der Waals surface area contributed by atoms with Crippen LogP contribution in [0.2, 0.25) is 0 Å². The van der Waals surface area contributed by atoms with Gasteiger partial charge in [0.15, 0.2) is 0 Å². The first-order valence-corrected chi connectivity index (χ1v) is 36.2. The highest BCUT2D eigenvalue weighted by molar-refractivity contribution is 5.76. The van der Waals surface area contributed by atoms with Gasteiger partial charge in [0, 0.05) is 12.8 Å². The molecule has 0 fully saturated rings. The highest BCUT2D eigenvalue weighted by atomic mass is 16.5. The lowest BCUT2D eigenvalue weighted by Gasteiger charge is -2.22. The summed E-state index contributed by atoms with van der Waals surface area (Å²) in [6, 6.07) is -0.548. The molecule has 0 saturated carbocycles. The number of unbranched alkanes of at least 4 members (excludes halogenated alkanes) is 51. The van der Waals surface area contributed by atoms with E-state index in [1.54, 1.807) is 0 Å². The van der Waals surface area contributed by atoms with E-state index in [9.17, 15) is 19.8 Å². The number of carbonyl (C=O) groups excluding carboxylic acids is 2. The van der Waals surface area contributed by atoms with E-state index in [1.165, 1.54) is 315 Å². The van der Waals surface area contributed by atoms with Gasteiger partial charge in [-0.25, -0.2) is 0 Å². The highest BCUT2D eigenvalue weighted by Crippen LogP contribution is 2.19. The molecule has 0 aromatic heterocycles. The van der Waals surface area contributed by atoms with Crippen molar-refractivity contribution in [2.24, 2.45) is 0 Å². The molecule has 0 aliphatic carbocycles. The Morgan fingerprint density at radius 1 is 0.350 bits per heavy atom. The molecule has 0 spiro atoms. The molecule has 472 valence electrons. The predicted octanol–water partition coefficient (Wildman–Crippen LogP) is 23.5. The van der Waals surface area contributed by atoms with E-state index in [2.05, 4.69) is 55.6 Å². The third-order valence-corrected chi connectivity index (χ3v) is 16.9. The molecule has 6 heteroatoms. The molecule has 0 radical (unpaired) electrons. The lowest BCUT2D eigenvalue weighted by Crippen LogP contribution is -2.45. The summed E-state index contributed by atoms with van der Waals surface area (Å²) < 4.78 is 5.50. The normalized spacial score (nSPS) is 12.7. The number of aliphatic hydroxyl groups excluding tert-OH is 2. The van der Waals surface area contributed by atoms with Crippen molar-refractivity contribution in [2.45, 2.75) is 411 Å². The van der Waals surface area contributed by atoms with Gasteiger partial charge < -0.3 is 20.3 Å². The van der Waals surface area contributed by atoms with Crippen LogP contribution >= 0.6 is 0 Å². The molecule has 0 aromatic carbocycles. The first kappa shape index (κ1) is 78.1. The lowest BCUT2D eigenvalue weighted by atomic mass is 10.0. The van der Waals surface area contributed by atoms with Crippen molar-refractivity contribution in [3.63, 3.8) is 0 Å². The molecule has 0 heterocycles. The molecule has 0 aromatic rings. The maximum atomic E-state index is 12.5. The second-order valence-corrected chi connectivity index (χ2v) is 24.9. The number of esters is 1. The van der Waals surface area contributed by atoms with Gasteiger partial charge >= 0.3 is 5.97 Å². The van der Waals surface area contributed by atoms with E-state index >= 15 is 0 Å². The number of rotatable bonds is 68. The molecule has 2 atom stereocenters. The van der Waals surface area contributed by atoms with E-state index < -0.39 is 12.1 Å². The fourth-order valence-electron chi connectivity index (χ4n) is 11.4. The molecule has 3 N–H and O–H groups in total. The van der Waals surface area contributed by atoms with Crippen LogP contribution in [0, 0.1) is 0 Å². The number of ether oxygens (including phenoxy) is 1. The fourth-order valence-corrected chi connectivity index (χ4v) is 11.4. The Bertz CT molecular complexity index is 1300. The molecule has 0 rings (SSSR count). The van der Waals surface area contributed by atoms with Gasteiger partial charge in [0.1, 0.15) is 0 Å². The van der Waals surface area contributed by atoms with Gasteiger partial charge in [-0.2, -0.15) is 0 Å². The van der Waals surface area contributed by atoms with Crippen molar-refractivity contribution in [3.8, 4) is 0 Å². The Labute approximate surface area is 500 Å². The van der Waals surface area contributed by atoms with E-state index in [1.807, 2.05) is 0 Å². The van der Waals surface area contributed by atoms with Gasteiger partial charge in [0.25, 0.3) is 0 Å². The lowest BCUT2D eigenvalue weighted by molar-refractivity contribution is -0.143. The van der Waals surface area contributed by atoms with Crippen LogP contribution in [0.3, 0.4) is 0 Å². The molecule has 80 heavy (non-hydrogen) atoms. The zero-order valence-corrected chi connectivity index (χ0v) is 54.1. The van der Waals surface area contributed by atoms with Crippen LogP contribution < -0.4 is 5.32 Å². The maximum Gasteiger partial charge on any atom is 0.305 e. The van der Waals surface area contributed by atoms with Gasteiger partial charge in [-0.3, -0.25) is 9.59 Å². The van der Waals surface area contributed by atoms with Crippen LogP contribution in [-0.2, 0) is 14.3 Å². The third kappa shape index (κ3) is 65.2. The summed E-state index contributed by atoms with van der Waals surface area (Å²) in [5.41, 5.74) is 0. The first-order chi connectivity index (χ1) is 39.5. The number of aliphatic hydroxyl groups is 2. The summed E-state index contributed by atoms with van der Waals surface area (Å²) in [6.07, 6.45) is 89.1. The third-order valence-electron chi connectivity index (χ3n) is 16.9. The minimum atomic E-state index is -0.670. The molecular formula is C74H141NO5. The van der Waals surface area contributed by atoms with Crippen molar-refractivity contribution in [1.29, 1.82) is 0 Å². The Morgan fingerprint density at radius 3 is 0.963 bits per heavy atom. The van der Waals surface area contributed by atoms with Crippen LogP contribution in [0.4, 0.5) is 0 Å². The molecule has 6 nitrogen and oxygen atoms in total. The summed E-state index contributed by atoms with van der Waals surface area (Å²) in [5, 5.41) is 23.4. The average Bonchev–Trinajstić information content (AvgIpc) is 3.46. The molecule has 0 saturated heterocycles. The van der Waals surface area contributed by atoms with Crippen molar-refractivity contribution in [3.05, 3.63) is 36.5 Å². The minimum Gasteiger partial charge on any atom is -0.466 e. The zero-order valence-electron chi connectivity index (χ0n) is 54.1. The second kappa shape index (κ2) is 69.6. The zero-order chi connectivity index (χ0) is 57.8. The number of hydrogen-bond acceptors (Lipinski definition) is 5. The van der Waals surface area contributed by atoms with E-state index in [4.69, 9.17) is 4.74 Å². The van der Waals surface area contributed by atoms with Gasteiger partial charge in [0.2, 0.25) is 5.91 Å². The van der Waals surface area contributed by atoms with E-state index in [-0.39, 0.29) is 18.5 Å². The first-order valence-electron chi connectivity index (χ1n) is 36.2. The second-order valence-electron chi connectivity index (χ2n) is 24.9. The standard InChI is InChI=1S/C74H141NO5/c1-3-5-7-9-11-13-15-17-19-21-23-31-34-38-42-46-50-54-58-62-66-72(77)71(70-76)75-73(78)67-63-59-55-51-47-43-39-35-32-29-27-25-24-26-28-30-33-37-41-45-49-53-57-61-65-69-80-74(79)68-64-60-56-52-48-44-40-36-22-20-18-16-14-12-10-8-6-4-2/h20,22,25-28,71-72,76-77H,3-19,21,23-24,29-70H2,1-2H3,(H,75,78)/b22-20-,27-25-,28-26-. The summed E-state index contributed by atoms with van der Waals surface area (Å²) in [7, 11) is 0. The Balaban J connectivity index is 3.42. The largest absolute Gasteiger partial charge is 0.466 e.